The maximum atomic E-state index is 12.4. The SMILES string of the molecule is NC(=O)c1nc(-c2ccccc2)c(NC2CCCC2)nc1Nc1ccc(N2CCC(N)CC2)cc1. The first-order chi connectivity index (χ1) is 17.1. The third-order valence-electron chi connectivity index (χ3n) is 6.91. The van der Waals surface area contributed by atoms with E-state index in [1.807, 2.05) is 42.5 Å². The van der Waals surface area contributed by atoms with Crippen molar-refractivity contribution in [1.82, 2.24) is 9.97 Å². The molecular weight excluding hydrogens is 438 g/mol. The summed E-state index contributed by atoms with van der Waals surface area (Å²) < 4.78 is 0. The highest BCUT2D eigenvalue weighted by Gasteiger charge is 2.23. The van der Waals surface area contributed by atoms with Gasteiger partial charge in [-0.3, -0.25) is 4.79 Å². The van der Waals surface area contributed by atoms with Gasteiger partial charge in [-0.25, -0.2) is 9.97 Å². The number of piperidine rings is 1. The summed E-state index contributed by atoms with van der Waals surface area (Å²) in [6.07, 6.45) is 6.60. The quantitative estimate of drug-likeness (QED) is 0.406. The molecule has 0 spiro atoms. The molecule has 2 heterocycles. The van der Waals surface area contributed by atoms with Crippen LogP contribution in [0.3, 0.4) is 0 Å². The lowest BCUT2D eigenvalue weighted by Gasteiger charge is -2.32. The summed E-state index contributed by atoms with van der Waals surface area (Å²) in [7, 11) is 0. The second-order valence-electron chi connectivity index (χ2n) is 9.47. The van der Waals surface area contributed by atoms with Crippen LogP contribution < -0.4 is 27.0 Å². The van der Waals surface area contributed by atoms with Crippen molar-refractivity contribution in [2.24, 2.45) is 11.5 Å². The fourth-order valence-electron chi connectivity index (χ4n) is 4.91. The van der Waals surface area contributed by atoms with Crippen LogP contribution in [0.15, 0.2) is 54.6 Å². The van der Waals surface area contributed by atoms with Gasteiger partial charge in [0.05, 0.1) is 0 Å². The summed E-state index contributed by atoms with van der Waals surface area (Å²) in [4.78, 5) is 24.3. The van der Waals surface area contributed by atoms with Gasteiger partial charge in [0.1, 0.15) is 5.69 Å². The van der Waals surface area contributed by atoms with Crippen molar-refractivity contribution in [2.75, 3.05) is 28.6 Å². The van der Waals surface area contributed by atoms with E-state index in [2.05, 4.69) is 27.7 Å². The van der Waals surface area contributed by atoms with Gasteiger partial charge in [-0.15, -0.1) is 0 Å². The van der Waals surface area contributed by atoms with E-state index in [1.165, 1.54) is 12.8 Å². The number of rotatable bonds is 7. The average molecular weight is 472 g/mol. The molecule has 1 aliphatic heterocycles. The van der Waals surface area contributed by atoms with Crippen LogP contribution >= 0.6 is 0 Å². The van der Waals surface area contributed by atoms with Crippen LogP contribution in [0.1, 0.15) is 49.0 Å². The van der Waals surface area contributed by atoms with Crippen LogP contribution in [-0.2, 0) is 0 Å². The number of carbonyl (C=O) groups excluding carboxylic acids is 1. The zero-order valence-corrected chi connectivity index (χ0v) is 19.9. The summed E-state index contributed by atoms with van der Waals surface area (Å²) >= 11 is 0. The molecule has 2 fully saturated rings. The molecule has 8 heteroatoms. The number of carbonyl (C=O) groups is 1. The summed E-state index contributed by atoms with van der Waals surface area (Å²) in [5, 5.41) is 6.86. The molecule has 2 aliphatic rings. The smallest absolute Gasteiger partial charge is 0.271 e. The zero-order valence-electron chi connectivity index (χ0n) is 19.9. The number of aromatic nitrogens is 2. The Kier molecular flexibility index (Phi) is 6.81. The van der Waals surface area contributed by atoms with Crippen LogP contribution in [0, 0.1) is 0 Å². The molecule has 8 nitrogen and oxygen atoms in total. The topological polar surface area (TPSA) is 122 Å². The molecule has 182 valence electrons. The molecule has 3 aromatic rings. The Morgan fingerprint density at radius 3 is 2.23 bits per heavy atom. The molecular formula is C27H33N7O. The molecule has 0 atom stereocenters. The van der Waals surface area contributed by atoms with Gasteiger partial charge in [-0.1, -0.05) is 43.2 Å². The molecule has 0 unspecified atom stereocenters. The number of nitrogens with one attached hydrogen (secondary N) is 2. The number of nitrogens with two attached hydrogens (primary N) is 2. The Morgan fingerprint density at radius 1 is 0.886 bits per heavy atom. The third-order valence-corrected chi connectivity index (χ3v) is 6.91. The van der Waals surface area contributed by atoms with Crippen molar-refractivity contribution < 1.29 is 4.79 Å². The number of nitrogens with zero attached hydrogens (tertiary/aromatic N) is 3. The van der Waals surface area contributed by atoms with Gasteiger partial charge in [0, 0.05) is 42.1 Å². The monoisotopic (exact) mass is 471 g/mol. The average Bonchev–Trinajstić information content (AvgIpc) is 3.39. The lowest BCUT2D eigenvalue weighted by atomic mass is 10.1. The summed E-state index contributed by atoms with van der Waals surface area (Å²) in [5.41, 5.74) is 15.4. The van der Waals surface area contributed by atoms with E-state index in [-0.39, 0.29) is 5.69 Å². The molecule has 1 saturated carbocycles. The number of primary amides is 1. The van der Waals surface area contributed by atoms with Gasteiger partial charge in [-0.05, 0) is 49.9 Å². The van der Waals surface area contributed by atoms with E-state index < -0.39 is 5.91 Å². The summed E-state index contributed by atoms with van der Waals surface area (Å²) in [6.45, 7) is 1.92. The molecule has 6 N–H and O–H groups in total. The van der Waals surface area contributed by atoms with E-state index in [9.17, 15) is 4.79 Å². The first-order valence-corrected chi connectivity index (χ1v) is 12.5. The number of benzene rings is 2. The lowest BCUT2D eigenvalue weighted by Crippen LogP contribution is -2.39. The van der Waals surface area contributed by atoms with Crippen LogP contribution in [0.5, 0.6) is 0 Å². The molecule has 2 aromatic carbocycles. The van der Waals surface area contributed by atoms with E-state index in [0.29, 0.717) is 29.4 Å². The minimum absolute atomic E-state index is 0.120. The Labute approximate surface area is 206 Å². The first-order valence-electron chi connectivity index (χ1n) is 12.5. The standard InChI is InChI=1S/C27H33N7O/c28-19-14-16-34(17-15-19)22-12-10-21(11-13-22)31-27-24(25(29)35)32-23(18-6-2-1-3-7-18)26(33-27)30-20-8-4-5-9-20/h1-3,6-7,10-13,19-20H,4-5,8-9,14-17,28H2,(H2,29,35)(H2,30,31,33). The van der Waals surface area contributed by atoms with Crippen molar-refractivity contribution in [2.45, 2.75) is 50.6 Å². The Hall–Kier alpha value is -3.65. The molecule has 1 aromatic heterocycles. The van der Waals surface area contributed by atoms with Crippen molar-refractivity contribution >= 4 is 28.9 Å². The van der Waals surface area contributed by atoms with E-state index in [0.717, 1.165) is 55.7 Å². The molecule has 1 saturated heterocycles. The van der Waals surface area contributed by atoms with Gasteiger partial charge in [0.15, 0.2) is 17.3 Å². The Balaban J connectivity index is 1.45. The highest BCUT2D eigenvalue weighted by atomic mass is 16.1. The van der Waals surface area contributed by atoms with Crippen molar-refractivity contribution in [3.63, 3.8) is 0 Å². The maximum Gasteiger partial charge on any atom is 0.271 e. The van der Waals surface area contributed by atoms with Gasteiger partial charge < -0.3 is 27.0 Å². The molecule has 1 amide bonds. The predicted molar refractivity (Wildman–Crippen MR) is 141 cm³/mol. The lowest BCUT2D eigenvalue weighted by molar-refractivity contribution is 0.0996. The van der Waals surface area contributed by atoms with Crippen LogP contribution in [0.25, 0.3) is 11.3 Å². The normalized spacial score (nSPS) is 16.9. The highest BCUT2D eigenvalue weighted by molar-refractivity contribution is 5.97. The van der Waals surface area contributed by atoms with Gasteiger partial charge in [0.25, 0.3) is 5.91 Å². The largest absolute Gasteiger partial charge is 0.371 e. The first kappa shape index (κ1) is 23.1. The van der Waals surface area contributed by atoms with Crippen molar-refractivity contribution in [1.29, 1.82) is 0 Å². The second-order valence-corrected chi connectivity index (χ2v) is 9.47. The van der Waals surface area contributed by atoms with Crippen molar-refractivity contribution in [3.8, 4) is 11.3 Å². The van der Waals surface area contributed by atoms with Gasteiger partial charge >= 0.3 is 0 Å². The minimum atomic E-state index is -0.620. The third kappa shape index (κ3) is 5.38. The Bertz CT molecular complexity index is 1150. The zero-order chi connectivity index (χ0) is 24.2. The van der Waals surface area contributed by atoms with E-state index in [1.54, 1.807) is 0 Å². The number of anilines is 4. The fourth-order valence-corrected chi connectivity index (χ4v) is 4.91. The van der Waals surface area contributed by atoms with Gasteiger partial charge in [-0.2, -0.15) is 0 Å². The number of hydrogen-bond donors (Lipinski definition) is 4. The minimum Gasteiger partial charge on any atom is -0.371 e. The molecule has 0 bridgehead atoms. The Morgan fingerprint density at radius 2 is 1.57 bits per heavy atom. The molecule has 35 heavy (non-hydrogen) atoms. The molecule has 1 aliphatic carbocycles. The number of amides is 1. The maximum absolute atomic E-state index is 12.4. The fraction of sp³-hybridized carbons (Fsp3) is 0.370. The van der Waals surface area contributed by atoms with E-state index in [4.69, 9.17) is 21.4 Å². The second kappa shape index (κ2) is 10.3. The van der Waals surface area contributed by atoms with Crippen molar-refractivity contribution in [3.05, 3.63) is 60.3 Å². The number of hydrogen-bond acceptors (Lipinski definition) is 7. The highest BCUT2D eigenvalue weighted by Crippen LogP contribution is 2.32. The molecule has 0 radical (unpaired) electrons. The van der Waals surface area contributed by atoms with Crippen LogP contribution in [0.4, 0.5) is 23.0 Å². The van der Waals surface area contributed by atoms with Crippen LogP contribution in [-0.4, -0.2) is 41.0 Å². The summed E-state index contributed by atoms with van der Waals surface area (Å²) in [5.74, 6) is 0.400. The molecule has 5 rings (SSSR count). The van der Waals surface area contributed by atoms with Crippen LogP contribution in [0.2, 0.25) is 0 Å². The van der Waals surface area contributed by atoms with E-state index >= 15 is 0 Å². The van der Waals surface area contributed by atoms with Gasteiger partial charge in [0.2, 0.25) is 0 Å². The predicted octanol–water partition coefficient (Wildman–Crippen LogP) is 4.27. The summed E-state index contributed by atoms with van der Waals surface area (Å²) in [6, 6.07) is 18.6.